The number of nitrogen functional groups attached to an aromatic ring is 1. The van der Waals surface area contributed by atoms with Crippen LogP contribution in [0.1, 0.15) is 18.1 Å². The molecule has 2 atom stereocenters. The van der Waals surface area contributed by atoms with Crippen molar-refractivity contribution < 1.29 is 19.5 Å². The van der Waals surface area contributed by atoms with Gasteiger partial charge in [-0.2, -0.15) is 0 Å². The maximum absolute atomic E-state index is 13.4. The first-order valence-corrected chi connectivity index (χ1v) is 6.16. The zero-order chi connectivity index (χ0) is 13.9. The van der Waals surface area contributed by atoms with Gasteiger partial charge in [-0.25, -0.2) is 4.39 Å². The van der Waals surface area contributed by atoms with Crippen molar-refractivity contribution in [1.82, 2.24) is 0 Å². The second-order valence-corrected chi connectivity index (χ2v) is 4.48. The summed E-state index contributed by atoms with van der Waals surface area (Å²) < 4.78 is 13.4. The summed E-state index contributed by atoms with van der Waals surface area (Å²) in [6.07, 6.45) is -2.33. The van der Waals surface area contributed by atoms with Crippen molar-refractivity contribution >= 4 is 27.3 Å². The first-order valence-electron chi connectivity index (χ1n) is 5.04. The number of nitro groups is 1. The third-order valence-electron chi connectivity index (χ3n) is 2.44. The van der Waals surface area contributed by atoms with Crippen LogP contribution in [0.5, 0.6) is 0 Å². The predicted molar refractivity (Wildman–Crippen MR) is 66.8 cm³/mol. The SMILES string of the molecule is Nc1c(F)cc(C(O)C(O)CCBr)cc1[N+](=O)[O-]. The molecule has 1 aromatic carbocycles. The zero-order valence-electron chi connectivity index (χ0n) is 9.22. The Labute approximate surface area is 111 Å². The van der Waals surface area contributed by atoms with Gasteiger partial charge < -0.3 is 15.9 Å². The highest BCUT2D eigenvalue weighted by Crippen LogP contribution is 2.30. The second-order valence-electron chi connectivity index (χ2n) is 3.68. The molecule has 1 aromatic rings. The van der Waals surface area contributed by atoms with Gasteiger partial charge in [-0.15, -0.1) is 0 Å². The summed E-state index contributed by atoms with van der Waals surface area (Å²) in [5.74, 6) is -0.996. The van der Waals surface area contributed by atoms with E-state index in [1.165, 1.54) is 0 Å². The number of anilines is 1. The summed E-state index contributed by atoms with van der Waals surface area (Å²) in [7, 11) is 0. The summed E-state index contributed by atoms with van der Waals surface area (Å²) in [5, 5.41) is 30.4. The molecule has 0 aliphatic carbocycles. The minimum atomic E-state index is -1.41. The van der Waals surface area contributed by atoms with Crippen molar-refractivity contribution in [2.45, 2.75) is 18.6 Å². The number of rotatable bonds is 5. The molecule has 0 saturated carbocycles. The van der Waals surface area contributed by atoms with E-state index in [1.807, 2.05) is 0 Å². The molecular weight excluding hydrogens is 311 g/mol. The van der Waals surface area contributed by atoms with Crippen molar-refractivity contribution in [3.8, 4) is 0 Å². The summed E-state index contributed by atoms with van der Waals surface area (Å²) >= 11 is 3.08. The average Bonchev–Trinajstić information content (AvgIpc) is 2.31. The second kappa shape index (κ2) is 6.07. The Morgan fingerprint density at radius 2 is 2.11 bits per heavy atom. The standard InChI is InChI=1S/C10H12BrFN2O4/c11-2-1-8(15)10(16)5-3-6(12)9(13)7(4-5)14(17)18/h3-4,8,10,15-16H,1-2,13H2. The minimum absolute atomic E-state index is 0.0816. The molecule has 8 heteroatoms. The molecule has 0 fully saturated rings. The largest absolute Gasteiger partial charge is 0.391 e. The van der Waals surface area contributed by atoms with Crippen LogP contribution in [0.3, 0.4) is 0 Å². The summed E-state index contributed by atoms with van der Waals surface area (Å²) in [4.78, 5) is 9.81. The van der Waals surface area contributed by atoms with Gasteiger partial charge in [-0.3, -0.25) is 10.1 Å². The Morgan fingerprint density at radius 1 is 1.50 bits per heavy atom. The maximum atomic E-state index is 13.4. The third kappa shape index (κ3) is 3.15. The van der Waals surface area contributed by atoms with Gasteiger partial charge in [-0.05, 0) is 18.1 Å². The third-order valence-corrected chi connectivity index (χ3v) is 2.90. The van der Waals surface area contributed by atoms with Crippen molar-refractivity contribution in [3.63, 3.8) is 0 Å². The van der Waals surface area contributed by atoms with E-state index in [0.717, 1.165) is 12.1 Å². The number of nitrogens with zero attached hydrogens (tertiary/aromatic N) is 1. The number of hydrogen-bond donors (Lipinski definition) is 3. The minimum Gasteiger partial charge on any atom is -0.391 e. The number of aliphatic hydroxyl groups is 2. The molecule has 0 saturated heterocycles. The van der Waals surface area contributed by atoms with Crippen LogP contribution in [0.2, 0.25) is 0 Å². The fourth-order valence-electron chi connectivity index (χ4n) is 1.44. The van der Waals surface area contributed by atoms with Gasteiger partial charge in [0.25, 0.3) is 5.69 Å². The van der Waals surface area contributed by atoms with E-state index in [2.05, 4.69) is 15.9 Å². The van der Waals surface area contributed by atoms with Crippen LogP contribution in [0, 0.1) is 15.9 Å². The van der Waals surface area contributed by atoms with Crippen molar-refractivity contribution in [3.05, 3.63) is 33.6 Å². The fourth-order valence-corrected chi connectivity index (χ4v) is 1.91. The number of benzene rings is 1. The van der Waals surface area contributed by atoms with Crippen LogP contribution in [0.25, 0.3) is 0 Å². The van der Waals surface area contributed by atoms with E-state index in [-0.39, 0.29) is 12.0 Å². The number of aliphatic hydroxyl groups excluding tert-OH is 2. The topological polar surface area (TPSA) is 110 Å². The van der Waals surface area contributed by atoms with E-state index < -0.39 is 34.3 Å². The maximum Gasteiger partial charge on any atom is 0.295 e. The summed E-state index contributed by atoms with van der Waals surface area (Å²) in [5.41, 5.74) is 3.92. The highest BCUT2D eigenvalue weighted by molar-refractivity contribution is 9.09. The Bertz CT molecular complexity index is 458. The Hall–Kier alpha value is -1.25. The van der Waals surface area contributed by atoms with E-state index >= 15 is 0 Å². The molecular formula is C10H12BrFN2O4. The van der Waals surface area contributed by atoms with E-state index in [0.29, 0.717) is 5.33 Å². The van der Waals surface area contributed by atoms with Crippen molar-refractivity contribution in [2.75, 3.05) is 11.1 Å². The van der Waals surface area contributed by atoms with Crippen LogP contribution >= 0.6 is 15.9 Å². The molecule has 0 bridgehead atoms. The Kier molecular flexibility index (Phi) is 5.00. The molecule has 0 aromatic heterocycles. The van der Waals surface area contributed by atoms with E-state index in [1.54, 1.807) is 0 Å². The molecule has 0 aliphatic rings. The van der Waals surface area contributed by atoms with E-state index in [9.17, 15) is 24.7 Å². The number of halogens is 2. The van der Waals surface area contributed by atoms with Gasteiger partial charge in [0.1, 0.15) is 11.8 Å². The van der Waals surface area contributed by atoms with Crippen LogP contribution in [0.15, 0.2) is 12.1 Å². The van der Waals surface area contributed by atoms with Gasteiger partial charge in [0.2, 0.25) is 0 Å². The van der Waals surface area contributed by atoms with E-state index in [4.69, 9.17) is 5.73 Å². The van der Waals surface area contributed by atoms with Gasteiger partial charge >= 0.3 is 0 Å². The lowest BCUT2D eigenvalue weighted by molar-refractivity contribution is -0.384. The van der Waals surface area contributed by atoms with Crippen LogP contribution in [-0.2, 0) is 0 Å². The predicted octanol–water partition coefficient (Wildman–Crippen LogP) is 1.50. The highest BCUT2D eigenvalue weighted by atomic mass is 79.9. The highest BCUT2D eigenvalue weighted by Gasteiger charge is 2.24. The lowest BCUT2D eigenvalue weighted by atomic mass is 10.0. The lowest BCUT2D eigenvalue weighted by Gasteiger charge is -2.17. The van der Waals surface area contributed by atoms with Crippen LogP contribution in [-0.4, -0.2) is 26.6 Å². The quantitative estimate of drug-likeness (QED) is 0.329. The summed E-state index contributed by atoms with van der Waals surface area (Å²) in [6, 6.07) is 1.84. The van der Waals surface area contributed by atoms with Gasteiger partial charge in [0.15, 0.2) is 5.82 Å². The molecule has 0 spiro atoms. The molecule has 0 aliphatic heterocycles. The van der Waals surface area contributed by atoms with Gasteiger partial charge in [0.05, 0.1) is 11.0 Å². The van der Waals surface area contributed by atoms with Crippen molar-refractivity contribution in [2.24, 2.45) is 0 Å². The van der Waals surface area contributed by atoms with Crippen LogP contribution in [0.4, 0.5) is 15.8 Å². The molecule has 18 heavy (non-hydrogen) atoms. The number of alkyl halides is 1. The molecule has 6 nitrogen and oxygen atoms in total. The molecule has 2 unspecified atom stereocenters. The summed E-state index contributed by atoms with van der Waals surface area (Å²) in [6.45, 7) is 0. The molecule has 4 N–H and O–H groups in total. The normalized spacial score (nSPS) is 14.2. The Morgan fingerprint density at radius 3 is 2.61 bits per heavy atom. The van der Waals surface area contributed by atoms with Crippen molar-refractivity contribution in [1.29, 1.82) is 0 Å². The monoisotopic (exact) mass is 322 g/mol. The first-order chi connectivity index (χ1) is 8.38. The average molecular weight is 323 g/mol. The molecule has 100 valence electrons. The molecule has 0 amide bonds. The van der Waals surface area contributed by atoms with Crippen LogP contribution < -0.4 is 5.73 Å². The lowest BCUT2D eigenvalue weighted by Crippen LogP contribution is -2.19. The number of hydrogen-bond acceptors (Lipinski definition) is 5. The molecule has 1 rings (SSSR count). The number of nitro benzene ring substituents is 1. The molecule has 0 radical (unpaired) electrons. The zero-order valence-corrected chi connectivity index (χ0v) is 10.8. The van der Waals surface area contributed by atoms with Gasteiger partial charge in [-0.1, -0.05) is 15.9 Å². The Balaban J connectivity index is 3.14. The smallest absolute Gasteiger partial charge is 0.295 e. The van der Waals surface area contributed by atoms with Gasteiger partial charge in [0, 0.05) is 11.4 Å². The molecule has 0 heterocycles. The fraction of sp³-hybridized carbons (Fsp3) is 0.400. The first kappa shape index (κ1) is 14.8. The number of nitrogens with two attached hydrogens (primary N) is 1.